The molecule has 0 fully saturated rings. The Balaban J connectivity index is 2.43. The number of hydrogen-bond acceptors (Lipinski definition) is 4. The Bertz CT molecular complexity index is 586. The van der Waals surface area contributed by atoms with Crippen LogP contribution in [0.5, 0.6) is 0 Å². The number of ether oxygens (including phenoxy) is 1. The number of aryl methyl sites for hydroxylation is 1. The van der Waals surface area contributed by atoms with Crippen molar-refractivity contribution in [3.05, 3.63) is 22.6 Å². The number of hydrogen-bond donors (Lipinski definition) is 1. The third kappa shape index (κ3) is 2.19. The van der Waals surface area contributed by atoms with Crippen LogP contribution in [0.4, 0.5) is 5.82 Å². The molecule has 1 aromatic heterocycles. The summed E-state index contributed by atoms with van der Waals surface area (Å²) in [5.74, 6) is -0.203. The van der Waals surface area contributed by atoms with E-state index < -0.39 is 12.1 Å². The number of anilines is 1. The van der Waals surface area contributed by atoms with E-state index in [0.29, 0.717) is 5.82 Å². The van der Waals surface area contributed by atoms with Crippen LogP contribution in [0.1, 0.15) is 26.5 Å². The minimum absolute atomic E-state index is 0.0274. The summed E-state index contributed by atoms with van der Waals surface area (Å²) in [5, 5.41) is 14.3. The predicted molar refractivity (Wildman–Crippen MR) is 75.3 cm³/mol. The summed E-state index contributed by atoms with van der Waals surface area (Å²) in [6.45, 7) is 6.13. The fourth-order valence-electron chi connectivity index (χ4n) is 2.24. The summed E-state index contributed by atoms with van der Waals surface area (Å²) in [4.78, 5) is 13.3. The zero-order valence-corrected chi connectivity index (χ0v) is 12.9. The van der Waals surface area contributed by atoms with Gasteiger partial charge in [0.15, 0.2) is 12.0 Å². The topological polar surface area (TPSA) is 67.6 Å². The Labute approximate surface area is 122 Å². The summed E-state index contributed by atoms with van der Waals surface area (Å²) in [6, 6.07) is 1.77. The van der Waals surface area contributed by atoms with E-state index >= 15 is 0 Å². The normalized spacial score (nSPS) is 20.1. The number of carbonyl (C=O) groups excluding carboxylic acids is 1. The van der Waals surface area contributed by atoms with E-state index in [-0.39, 0.29) is 16.2 Å². The molecule has 110 valence electrons. The highest BCUT2D eigenvalue weighted by Crippen LogP contribution is 2.33. The van der Waals surface area contributed by atoms with Crippen molar-refractivity contribution in [1.29, 1.82) is 0 Å². The van der Waals surface area contributed by atoms with Crippen molar-refractivity contribution >= 4 is 23.3 Å². The zero-order chi connectivity index (χ0) is 15.2. The van der Waals surface area contributed by atoms with Gasteiger partial charge in [0, 0.05) is 24.2 Å². The number of methoxy groups -OCH3 is 1. The average molecular weight is 300 g/mol. The molecule has 2 heterocycles. The highest BCUT2D eigenvalue weighted by Gasteiger charge is 2.41. The van der Waals surface area contributed by atoms with Crippen LogP contribution < -0.4 is 4.90 Å². The summed E-state index contributed by atoms with van der Waals surface area (Å²) >= 11 is 5.91. The lowest BCUT2D eigenvalue weighted by molar-refractivity contribution is -0.118. The Morgan fingerprint density at radius 2 is 2.05 bits per heavy atom. The highest BCUT2D eigenvalue weighted by molar-refractivity contribution is 6.35. The molecule has 1 atom stereocenters. The third-order valence-corrected chi connectivity index (χ3v) is 3.55. The fourth-order valence-corrected chi connectivity index (χ4v) is 2.49. The van der Waals surface area contributed by atoms with Gasteiger partial charge in [-0.25, -0.2) is 0 Å². The van der Waals surface area contributed by atoms with Crippen LogP contribution in [0.15, 0.2) is 16.9 Å². The van der Waals surface area contributed by atoms with Crippen molar-refractivity contribution in [1.82, 2.24) is 9.78 Å². The third-order valence-electron chi connectivity index (χ3n) is 3.19. The molecule has 1 aliphatic rings. The van der Waals surface area contributed by atoms with E-state index in [1.807, 2.05) is 20.8 Å². The van der Waals surface area contributed by atoms with Crippen LogP contribution in [0.2, 0.25) is 0 Å². The molecule has 1 aliphatic heterocycles. The van der Waals surface area contributed by atoms with E-state index in [0.717, 1.165) is 10.6 Å². The van der Waals surface area contributed by atoms with Crippen LogP contribution in [0, 0.1) is 0 Å². The smallest absolute Gasteiger partial charge is 0.298 e. The van der Waals surface area contributed by atoms with Crippen LogP contribution in [-0.4, -0.2) is 34.1 Å². The lowest BCUT2D eigenvalue weighted by Crippen LogP contribution is -2.35. The van der Waals surface area contributed by atoms with Gasteiger partial charge in [0.05, 0.1) is 7.11 Å². The number of rotatable bonds is 2. The second-order valence-corrected chi connectivity index (χ2v) is 6.10. The monoisotopic (exact) mass is 299 g/mol. The number of amides is 1. The molecule has 0 bridgehead atoms. The van der Waals surface area contributed by atoms with E-state index in [9.17, 15) is 9.90 Å². The minimum Gasteiger partial charge on any atom is -0.490 e. The van der Waals surface area contributed by atoms with Crippen LogP contribution >= 0.6 is 11.6 Å². The van der Waals surface area contributed by atoms with Gasteiger partial charge in [-0.3, -0.25) is 14.4 Å². The maximum atomic E-state index is 12.2. The molecule has 0 aliphatic carbocycles. The van der Waals surface area contributed by atoms with Gasteiger partial charge < -0.3 is 9.84 Å². The molecule has 0 aromatic carbocycles. The molecule has 1 unspecified atom stereocenters. The van der Waals surface area contributed by atoms with Gasteiger partial charge in [0.25, 0.3) is 5.91 Å². The van der Waals surface area contributed by atoms with E-state index in [1.165, 1.54) is 7.11 Å². The van der Waals surface area contributed by atoms with Gasteiger partial charge in [-0.05, 0) is 0 Å². The fraction of sp³-hybridized carbons (Fsp3) is 0.538. The quantitative estimate of drug-likeness (QED) is 0.898. The Morgan fingerprint density at radius 3 is 2.45 bits per heavy atom. The number of aromatic nitrogens is 2. The van der Waals surface area contributed by atoms with Crippen molar-refractivity contribution in [3.63, 3.8) is 0 Å². The summed E-state index contributed by atoms with van der Waals surface area (Å²) in [6.07, 6.45) is -1.26. The molecule has 6 nitrogen and oxygen atoms in total. The maximum Gasteiger partial charge on any atom is 0.298 e. The number of halogens is 1. The van der Waals surface area contributed by atoms with Crippen molar-refractivity contribution in [2.75, 3.05) is 12.0 Å². The average Bonchev–Trinajstić information content (AvgIpc) is 2.79. The molecule has 2 rings (SSSR count). The molecule has 0 radical (unpaired) electrons. The number of aliphatic hydroxyl groups is 1. The first-order valence-electron chi connectivity index (χ1n) is 6.18. The molecule has 7 heteroatoms. The van der Waals surface area contributed by atoms with Crippen molar-refractivity contribution in [2.45, 2.75) is 32.4 Å². The lowest BCUT2D eigenvalue weighted by Gasteiger charge is -2.18. The minimum atomic E-state index is -1.26. The molecular weight excluding hydrogens is 282 g/mol. The van der Waals surface area contributed by atoms with Crippen molar-refractivity contribution in [2.24, 2.45) is 7.05 Å². The van der Waals surface area contributed by atoms with Gasteiger partial charge >= 0.3 is 0 Å². The summed E-state index contributed by atoms with van der Waals surface area (Å²) < 4.78 is 6.61. The largest absolute Gasteiger partial charge is 0.490 e. The first kappa shape index (κ1) is 14.9. The van der Waals surface area contributed by atoms with Gasteiger partial charge in [-0.15, -0.1) is 0 Å². The summed E-state index contributed by atoms with van der Waals surface area (Å²) in [7, 11) is 3.13. The van der Waals surface area contributed by atoms with Crippen LogP contribution in [-0.2, 0) is 22.0 Å². The number of nitrogens with zero attached hydrogens (tertiary/aromatic N) is 3. The second-order valence-electron chi connectivity index (χ2n) is 5.69. The molecular formula is C13H18ClN3O3. The molecule has 1 amide bonds. The molecule has 0 spiro atoms. The Morgan fingerprint density at radius 1 is 1.45 bits per heavy atom. The van der Waals surface area contributed by atoms with Crippen molar-refractivity contribution < 1.29 is 14.6 Å². The first-order valence-corrected chi connectivity index (χ1v) is 6.56. The molecule has 1 N–H and O–H groups in total. The molecule has 20 heavy (non-hydrogen) atoms. The van der Waals surface area contributed by atoms with Crippen LogP contribution in [0.3, 0.4) is 0 Å². The van der Waals surface area contributed by atoms with E-state index in [1.54, 1.807) is 17.8 Å². The lowest BCUT2D eigenvalue weighted by atomic mass is 9.92. The standard InChI is InChI=1S/C13H18ClN3O3/c1-13(2,3)7-6-8(15-16(7)4)17-11(18)9(14)10(20-5)12(17)19/h6,11,18H,1-5H3. The highest BCUT2D eigenvalue weighted by atomic mass is 35.5. The molecule has 1 aromatic rings. The summed E-state index contributed by atoms with van der Waals surface area (Å²) in [5.41, 5.74) is 0.809. The molecule has 0 saturated carbocycles. The van der Waals surface area contributed by atoms with Crippen molar-refractivity contribution in [3.8, 4) is 0 Å². The predicted octanol–water partition coefficient (Wildman–Crippen LogP) is 1.48. The molecule has 0 saturated heterocycles. The van der Waals surface area contributed by atoms with Gasteiger partial charge in [0.1, 0.15) is 5.03 Å². The number of aliphatic hydroxyl groups excluding tert-OH is 1. The van der Waals surface area contributed by atoms with E-state index in [4.69, 9.17) is 16.3 Å². The van der Waals surface area contributed by atoms with E-state index in [2.05, 4.69) is 5.10 Å². The van der Waals surface area contributed by atoms with Gasteiger partial charge in [-0.1, -0.05) is 32.4 Å². The Hall–Kier alpha value is -1.53. The number of carbonyl (C=O) groups is 1. The first-order chi connectivity index (χ1) is 9.18. The zero-order valence-electron chi connectivity index (χ0n) is 12.1. The van der Waals surface area contributed by atoms with Gasteiger partial charge in [-0.2, -0.15) is 5.10 Å². The second kappa shape index (κ2) is 4.79. The maximum absolute atomic E-state index is 12.2. The van der Waals surface area contributed by atoms with Gasteiger partial charge in [0.2, 0.25) is 5.76 Å². The Kier molecular flexibility index (Phi) is 3.56. The SMILES string of the molecule is COC1=C(Cl)C(O)N(c2cc(C(C)(C)C)n(C)n2)C1=O. The van der Waals surface area contributed by atoms with Crippen LogP contribution in [0.25, 0.3) is 0 Å².